The van der Waals surface area contributed by atoms with Crippen molar-refractivity contribution in [1.29, 1.82) is 0 Å². The molecule has 3 aromatic carbocycles. The molecular formula is C28H29BrCl2N2O3. The van der Waals surface area contributed by atoms with Crippen molar-refractivity contribution < 1.29 is 14.3 Å². The highest BCUT2D eigenvalue weighted by atomic mass is 79.9. The van der Waals surface area contributed by atoms with Gasteiger partial charge in [-0.05, 0) is 54.8 Å². The van der Waals surface area contributed by atoms with Crippen molar-refractivity contribution in [2.45, 2.75) is 39.3 Å². The molecule has 0 saturated heterocycles. The van der Waals surface area contributed by atoms with Gasteiger partial charge in [0, 0.05) is 39.6 Å². The van der Waals surface area contributed by atoms with Crippen LogP contribution in [0.5, 0.6) is 5.75 Å². The average molecular weight is 592 g/mol. The van der Waals surface area contributed by atoms with E-state index in [1.54, 1.807) is 24.3 Å². The number of halogens is 3. The van der Waals surface area contributed by atoms with Gasteiger partial charge in [0.15, 0.2) is 6.61 Å². The summed E-state index contributed by atoms with van der Waals surface area (Å²) in [6.07, 6.45) is 1.11. The molecule has 1 N–H and O–H groups in total. The summed E-state index contributed by atoms with van der Waals surface area (Å²) in [5, 5.41) is 3.80. The molecule has 5 nitrogen and oxygen atoms in total. The van der Waals surface area contributed by atoms with Gasteiger partial charge in [0.25, 0.3) is 5.91 Å². The first-order valence-electron chi connectivity index (χ1n) is 11.7. The van der Waals surface area contributed by atoms with Crippen LogP contribution in [-0.4, -0.2) is 35.9 Å². The highest BCUT2D eigenvalue weighted by molar-refractivity contribution is 9.10. The Kier molecular flexibility index (Phi) is 10.7. The van der Waals surface area contributed by atoms with Crippen LogP contribution in [0, 0.1) is 6.92 Å². The summed E-state index contributed by atoms with van der Waals surface area (Å²) in [6, 6.07) is 19.5. The van der Waals surface area contributed by atoms with Crippen molar-refractivity contribution in [2.24, 2.45) is 0 Å². The van der Waals surface area contributed by atoms with Gasteiger partial charge < -0.3 is 15.0 Å². The molecule has 0 aliphatic rings. The Balaban J connectivity index is 1.94. The summed E-state index contributed by atoms with van der Waals surface area (Å²) in [5.41, 5.74) is 2.50. The van der Waals surface area contributed by atoms with E-state index in [0.717, 1.165) is 22.0 Å². The summed E-state index contributed by atoms with van der Waals surface area (Å²) in [4.78, 5) is 28.5. The van der Waals surface area contributed by atoms with Crippen LogP contribution in [0.25, 0.3) is 0 Å². The van der Waals surface area contributed by atoms with Crippen LogP contribution in [0.4, 0.5) is 0 Å². The van der Waals surface area contributed by atoms with Crippen molar-refractivity contribution in [3.63, 3.8) is 0 Å². The van der Waals surface area contributed by atoms with Gasteiger partial charge in [-0.25, -0.2) is 0 Å². The van der Waals surface area contributed by atoms with E-state index in [9.17, 15) is 9.59 Å². The van der Waals surface area contributed by atoms with Crippen LogP contribution in [0.3, 0.4) is 0 Å². The lowest BCUT2D eigenvalue weighted by atomic mass is 10.0. The van der Waals surface area contributed by atoms with E-state index in [1.165, 1.54) is 4.90 Å². The van der Waals surface area contributed by atoms with Gasteiger partial charge in [-0.1, -0.05) is 82.5 Å². The van der Waals surface area contributed by atoms with E-state index in [4.69, 9.17) is 27.9 Å². The number of carbonyl (C=O) groups excluding carboxylic acids is 2. The molecule has 3 rings (SSSR count). The smallest absolute Gasteiger partial charge is 0.261 e. The van der Waals surface area contributed by atoms with Crippen LogP contribution < -0.4 is 10.1 Å². The van der Waals surface area contributed by atoms with E-state index in [-0.39, 0.29) is 25.0 Å². The van der Waals surface area contributed by atoms with Gasteiger partial charge in [0.2, 0.25) is 5.91 Å². The van der Waals surface area contributed by atoms with Crippen LogP contribution in [0.2, 0.25) is 10.0 Å². The number of hydrogen-bond donors (Lipinski definition) is 1. The number of aryl methyl sites for hydroxylation is 1. The van der Waals surface area contributed by atoms with Crippen molar-refractivity contribution in [2.75, 3.05) is 13.2 Å². The van der Waals surface area contributed by atoms with Gasteiger partial charge in [0.1, 0.15) is 11.8 Å². The topological polar surface area (TPSA) is 58.6 Å². The Hall–Kier alpha value is -2.54. The molecule has 190 valence electrons. The first-order chi connectivity index (χ1) is 17.3. The predicted molar refractivity (Wildman–Crippen MR) is 149 cm³/mol. The fourth-order valence-electron chi connectivity index (χ4n) is 3.71. The summed E-state index contributed by atoms with van der Waals surface area (Å²) in [5.74, 6) is -0.0225. The van der Waals surface area contributed by atoms with E-state index < -0.39 is 6.04 Å². The minimum Gasteiger partial charge on any atom is -0.484 e. The first-order valence-corrected chi connectivity index (χ1v) is 13.3. The second-order valence-corrected chi connectivity index (χ2v) is 10.1. The number of carbonyl (C=O) groups is 2. The van der Waals surface area contributed by atoms with E-state index in [1.807, 2.05) is 56.3 Å². The Labute approximate surface area is 230 Å². The molecule has 0 aromatic heterocycles. The maximum atomic E-state index is 13.6. The molecule has 0 fully saturated rings. The third kappa shape index (κ3) is 7.73. The highest BCUT2D eigenvalue weighted by Crippen LogP contribution is 2.27. The molecule has 1 unspecified atom stereocenters. The summed E-state index contributed by atoms with van der Waals surface area (Å²) in [7, 11) is 0. The average Bonchev–Trinajstić information content (AvgIpc) is 2.87. The zero-order chi connectivity index (χ0) is 26.1. The minimum absolute atomic E-state index is 0.0666. The molecule has 2 amide bonds. The Bertz CT molecular complexity index is 1170. The predicted octanol–water partition coefficient (Wildman–Crippen LogP) is 6.61. The Morgan fingerprint density at radius 3 is 2.36 bits per heavy atom. The lowest BCUT2D eigenvalue weighted by Gasteiger charge is -2.32. The standard InChI is InChI=1S/C28H29BrCl2N2O3/c1-3-14-32-28(35)26(16-20-8-5-4-6-9-20)33(17-22-24(30)10-7-11-25(22)31)27(34)18-36-21-12-13-23(29)19(2)15-21/h4-13,15,26H,3,14,16-18H2,1-2H3,(H,32,35). The number of hydrogen-bond acceptors (Lipinski definition) is 3. The van der Waals surface area contributed by atoms with Crippen LogP contribution in [0.15, 0.2) is 71.2 Å². The molecule has 0 radical (unpaired) electrons. The molecule has 0 heterocycles. The largest absolute Gasteiger partial charge is 0.484 e. The normalized spacial score (nSPS) is 11.6. The van der Waals surface area contributed by atoms with Gasteiger partial charge in [-0.3, -0.25) is 9.59 Å². The zero-order valence-electron chi connectivity index (χ0n) is 20.3. The van der Waals surface area contributed by atoms with Crippen molar-refractivity contribution in [3.05, 3.63) is 97.9 Å². The van der Waals surface area contributed by atoms with Crippen LogP contribution in [-0.2, 0) is 22.6 Å². The summed E-state index contributed by atoms with van der Waals surface area (Å²) < 4.78 is 6.78. The number of nitrogens with zero attached hydrogens (tertiary/aromatic N) is 1. The van der Waals surface area contributed by atoms with Gasteiger partial charge in [-0.2, -0.15) is 0 Å². The quantitative estimate of drug-likeness (QED) is 0.273. The van der Waals surface area contributed by atoms with E-state index in [0.29, 0.717) is 34.3 Å². The summed E-state index contributed by atoms with van der Waals surface area (Å²) in [6.45, 7) is 4.26. The van der Waals surface area contributed by atoms with Gasteiger partial charge in [0.05, 0.1) is 0 Å². The van der Waals surface area contributed by atoms with E-state index in [2.05, 4.69) is 21.2 Å². The third-order valence-electron chi connectivity index (χ3n) is 5.70. The molecule has 0 aliphatic carbocycles. The molecule has 0 saturated carbocycles. The number of amides is 2. The Morgan fingerprint density at radius 1 is 1.03 bits per heavy atom. The number of ether oxygens (including phenoxy) is 1. The van der Waals surface area contributed by atoms with Crippen molar-refractivity contribution >= 4 is 50.9 Å². The monoisotopic (exact) mass is 590 g/mol. The van der Waals surface area contributed by atoms with Crippen LogP contribution >= 0.6 is 39.1 Å². The maximum Gasteiger partial charge on any atom is 0.261 e. The minimum atomic E-state index is -0.783. The molecular weight excluding hydrogens is 563 g/mol. The van der Waals surface area contributed by atoms with Crippen LogP contribution in [0.1, 0.15) is 30.0 Å². The molecule has 0 aliphatic heterocycles. The van der Waals surface area contributed by atoms with Crippen molar-refractivity contribution in [1.82, 2.24) is 10.2 Å². The maximum absolute atomic E-state index is 13.6. The lowest BCUT2D eigenvalue weighted by molar-refractivity contribution is -0.142. The lowest BCUT2D eigenvalue weighted by Crippen LogP contribution is -2.51. The first kappa shape index (κ1) is 28.0. The number of nitrogens with one attached hydrogen (secondary N) is 1. The molecule has 36 heavy (non-hydrogen) atoms. The number of rotatable bonds is 11. The van der Waals surface area contributed by atoms with Gasteiger partial charge >= 0.3 is 0 Å². The highest BCUT2D eigenvalue weighted by Gasteiger charge is 2.31. The second kappa shape index (κ2) is 13.7. The molecule has 3 aromatic rings. The number of benzene rings is 3. The fraction of sp³-hybridized carbons (Fsp3) is 0.286. The van der Waals surface area contributed by atoms with Gasteiger partial charge in [-0.15, -0.1) is 0 Å². The zero-order valence-corrected chi connectivity index (χ0v) is 23.4. The molecule has 1 atom stereocenters. The summed E-state index contributed by atoms with van der Waals surface area (Å²) >= 11 is 16.4. The second-order valence-electron chi connectivity index (χ2n) is 8.42. The SMILES string of the molecule is CCCNC(=O)C(Cc1ccccc1)N(Cc1c(Cl)cccc1Cl)C(=O)COc1ccc(Br)c(C)c1. The van der Waals surface area contributed by atoms with Crippen molar-refractivity contribution in [3.8, 4) is 5.75 Å². The molecule has 0 bridgehead atoms. The molecule has 0 spiro atoms. The fourth-order valence-corrected chi connectivity index (χ4v) is 4.47. The third-order valence-corrected chi connectivity index (χ3v) is 7.30. The Morgan fingerprint density at radius 2 is 1.72 bits per heavy atom. The molecule has 8 heteroatoms. The van der Waals surface area contributed by atoms with E-state index >= 15 is 0 Å².